The predicted molar refractivity (Wildman–Crippen MR) is 98.4 cm³/mol. The molecule has 0 spiro atoms. The Bertz CT molecular complexity index is 776. The van der Waals surface area contributed by atoms with Gasteiger partial charge in [0.25, 0.3) is 5.91 Å². The summed E-state index contributed by atoms with van der Waals surface area (Å²) in [4.78, 5) is 14.1. The lowest BCUT2D eigenvalue weighted by Crippen LogP contribution is -2.47. The molecule has 2 rings (SSSR count). The van der Waals surface area contributed by atoms with Crippen LogP contribution in [0.5, 0.6) is 0 Å². The monoisotopic (exact) mass is 376 g/mol. The molecule has 0 unspecified atom stereocenters. The van der Waals surface area contributed by atoms with Crippen molar-refractivity contribution in [1.29, 1.82) is 5.26 Å². The van der Waals surface area contributed by atoms with Crippen molar-refractivity contribution in [2.45, 2.75) is 24.7 Å². The maximum atomic E-state index is 12.6. The molecule has 1 heterocycles. The lowest BCUT2D eigenvalue weighted by molar-refractivity contribution is -0.117. The molecule has 26 heavy (non-hydrogen) atoms. The summed E-state index contributed by atoms with van der Waals surface area (Å²) in [6.45, 7) is 4.04. The van der Waals surface area contributed by atoms with Gasteiger partial charge in [0.05, 0.1) is 4.90 Å². The average molecular weight is 376 g/mol. The van der Waals surface area contributed by atoms with E-state index in [1.54, 1.807) is 30.3 Å². The molecule has 1 aromatic carbocycles. The van der Waals surface area contributed by atoms with Gasteiger partial charge in [-0.05, 0) is 18.6 Å². The summed E-state index contributed by atoms with van der Waals surface area (Å²) in [5.74, 6) is -0.389. The molecule has 140 valence electrons. The average Bonchev–Trinajstić information content (AvgIpc) is 2.67. The molecule has 0 bridgehead atoms. The van der Waals surface area contributed by atoms with E-state index in [0.717, 1.165) is 12.8 Å². The number of hydrogen-bond acceptors (Lipinski definition) is 5. The second-order valence-corrected chi connectivity index (χ2v) is 7.96. The Balaban J connectivity index is 1.97. The van der Waals surface area contributed by atoms with Crippen LogP contribution in [0.3, 0.4) is 0 Å². The van der Waals surface area contributed by atoms with Crippen molar-refractivity contribution in [3.63, 3.8) is 0 Å². The third kappa shape index (κ3) is 5.07. The zero-order chi connectivity index (χ0) is 19.0. The number of nitrogens with zero attached hydrogens (tertiary/aromatic N) is 3. The Morgan fingerprint density at radius 2 is 1.88 bits per heavy atom. The first kappa shape index (κ1) is 19.9. The number of carbonyl (C=O) groups is 1. The highest BCUT2D eigenvalue weighted by molar-refractivity contribution is 7.89. The first-order valence-corrected chi connectivity index (χ1v) is 10.1. The van der Waals surface area contributed by atoms with Crippen molar-refractivity contribution in [3.8, 4) is 6.07 Å². The smallest absolute Gasteiger partial charge is 0.263 e. The van der Waals surface area contributed by atoms with Crippen molar-refractivity contribution in [1.82, 2.24) is 14.5 Å². The first-order valence-electron chi connectivity index (χ1n) is 8.68. The molecular formula is C18H24N4O3S. The van der Waals surface area contributed by atoms with Crippen LogP contribution in [-0.2, 0) is 14.8 Å². The number of unbranched alkanes of at least 4 members (excludes halogenated alkanes) is 1. The third-order valence-corrected chi connectivity index (χ3v) is 6.06. The zero-order valence-electron chi connectivity index (χ0n) is 14.9. The van der Waals surface area contributed by atoms with Gasteiger partial charge < -0.3 is 10.2 Å². The number of sulfonamides is 1. The number of rotatable bonds is 7. The summed E-state index contributed by atoms with van der Waals surface area (Å²) in [5, 5.41) is 11.9. The van der Waals surface area contributed by atoms with Gasteiger partial charge in [0.1, 0.15) is 11.6 Å². The minimum Gasteiger partial charge on any atom is -0.373 e. The van der Waals surface area contributed by atoms with E-state index in [2.05, 4.69) is 5.32 Å². The van der Waals surface area contributed by atoms with Crippen molar-refractivity contribution in [2.24, 2.45) is 0 Å². The van der Waals surface area contributed by atoms with Crippen molar-refractivity contribution >= 4 is 15.9 Å². The van der Waals surface area contributed by atoms with Gasteiger partial charge in [-0.2, -0.15) is 9.57 Å². The van der Waals surface area contributed by atoms with Gasteiger partial charge in [-0.15, -0.1) is 0 Å². The van der Waals surface area contributed by atoms with E-state index >= 15 is 0 Å². The van der Waals surface area contributed by atoms with Crippen LogP contribution in [0.15, 0.2) is 47.0 Å². The molecule has 0 radical (unpaired) electrons. The first-order chi connectivity index (χ1) is 12.5. The third-order valence-electron chi connectivity index (χ3n) is 4.15. The van der Waals surface area contributed by atoms with Crippen LogP contribution in [-0.4, -0.2) is 56.3 Å². The molecule has 1 aliphatic heterocycles. The minimum absolute atomic E-state index is 0.0421. The van der Waals surface area contributed by atoms with E-state index < -0.39 is 10.0 Å². The van der Waals surface area contributed by atoms with Crippen molar-refractivity contribution in [3.05, 3.63) is 42.1 Å². The number of nitriles is 1. The van der Waals surface area contributed by atoms with Crippen LogP contribution in [0.1, 0.15) is 19.8 Å². The molecule has 1 amide bonds. The fourth-order valence-electron chi connectivity index (χ4n) is 2.61. The van der Waals surface area contributed by atoms with Crippen LogP contribution >= 0.6 is 0 Å². The molecule has 1 N–H and O–H groups in total. The molecule has 1 aromatic rings. The summed E-state index contributed by atoms with van der Waals surface area (Å²) in [7, 11) is -3.51. The number of amides is 1. The van der Waals surface area contributed by atoms with Crippen LogP contribution in [0, 0.1) is 11.3 Å². The second-order valence-electron chi connectivity index (χ2n) is 6.02. The Morgan fingerprint density at radius 1 is 1.23 bits per heavy atom. The minimum atomic E-state index is -3.51. The lowest BCUT2D eigenvalue weighted by atomic mass is 10.2. The fourth-order valence-corrected chi connectivity index (χ4v) is 4.05. The van der Waals surface area contributed by atoms with Crippen LogP contribution in [0.4, 0.5) is 0 Å². The van der Waals surface area contributed by atoms with Gasteiger partial charge >= 0.3 is 0 Å². The maximum Gasteiger partial charge on any atom is 0.263 e. The molecule has 1 aliphatic rings. The summed E-state index contributed by atoms with van der Waals surface area (Å²) in [6.07, 6.45) is 3.35. The summed E-state index contributed by atoms with van der Waals surface area (Å²) >= 11 is 0. The van der Waals surface area contributed by atoms with Crippen molar-refractivity contribution in [2.75, 3.05) is 32.7 Å². The standard InChI is InChI=1S/C18H24N4O3S/c1-2-3-9-20-18(23)16(14-19)15-21-10-12-22(13-11-21)26(24,25)17-7-5-4-6-8-17/h4-8,15H,2-3,9-13H2,1H3,(H,20,23)/b16-15-. The Hall–Kier alpha value is -2.37. The van der Waals surface area contributed by atoms with Crippen molar-refractivity contribution < 1.29 is 13.2 Å². The summed E-state index contributed by atoms with van der Waals surface area (Å²) in [6, 6.07) is 10.2. The quantitative estimate of drug-likeness (QED) is 0.440. The van der Waals surface area contributed by atoms with Gasteiger partial charge in [0.2, 0.25) is 10.0 Å². The Kier molecular flexibility index (Phi) is 7.18. The predicted octanol–water partition coefficient (Wildman–Crippen LogP) is 1.32. The molecular weight excluding hydrogens is 352 g/mol. The van der Waals surface area contributed by atoms with Gasteiger partial charge in [0, 0.05) is 38.9 Å². The van der Waals surface area contributed by atoms with Crippen LogP contribution in [0.2, 0.25) is 0 Å². The molecule has 8 heteroatoms. The van der Waals surface area contributed by atoms with Crippen LogP contribution < -0.4 is 5.32 Å². The Labute approximate surface area is 154 Å². The highest BCUT2D eigenvalue weighted by Crippen LogP contribution is 2.17. The number of nitrogens with one attached hydrogen (secondary N) is 1. The Morgan fingerprint density at radius 3 is 2.46 bits per heavy atom. The molecule has 1 fully saturated rings. The van der Waals surface area contributed by atoms with E-state index in [-0.39, 0.29) is 16.4 Å². The van der Waals surface area contributed by atoms with E-state index in [0.29, 0.717) is 32.7 Å². The van der Waals surface area contributed by atoms with E-state index in [4.69, 9.17) is 0 Å². The summed E-state index contributed by atoms with van der Waals surface area (Å²) < 4.78 is 26.6. The van der Waals surface area contributed by atoms with E-state index in [1.165, 1.54) is 10.5 Å². The number of hydrogen-bond donors (Lipinski definition) is 1. The van der Waals surface area contributed by atoms with E-state index in [1.807, 2.05) is 17.9 Å². The molecule has 0 saturated carbocycles. The van der Waals surface area contributed by atoms with E-state index in [9.17, 15) is 18.5 Å². The van der Waals surface area contributed by atoms with Gasteiger partial charge in [-0.3, -0.25) is 4.79 Å². The second kappa shape index (κ2) is 9.36. The zero-order valence-corrected chi connectivity index (χ0v) is 15.7. The fraction of sp³-hybridized carbons (Fsp3) is 0.444. The highest BCUT2D eigenvalue weighted by atomic mass is 32.2. The molecule has 0 aromatic heterocycles. The number of carbonyl (C=O) groups excluding carboxylic acids is 1. The maximum absolute atomic E-state index is 12.6. The normalized spacial score (nSPS) is 16.2. The molecule has 0 aliphatic carbocycles. The van der Waals surface area contributed by atoms with Gasteiger partial charge in [-0.1, -0.05) is 31.5 Å². The van der Waals surface area contributed by atoms with Gasteiger partial charge in [-0.25, -0.2) is 8.42 Å². The number of benzene rings is 1. The largest absolute Gasteiger partial charge is 0.373 e. The lowest BCUT2D eigenvalue weighted by Gasteiger charge is -2.33. The topological polar surface area (TPSA) is 93.5 Å². The van der Waals surface area contributed by atoms with Crippen LogP contribution in [0.25, 0.3) is 0 Å². The van der Waals surface area contributed by atoms with Gasteiger partial charge in [0.15, 0.2) is 0 Å². The molecule has 0 atom stereocenters. The summed E-state index contributed by atoms with van der Waals surface area (Å²) in [5.41, 5.74) is 0.0421. The number of piperazine rings is 1. The molecule has 1 saturated heterocycles. The SMILES string of the molecule is CCCCNC(=O)/C(C#N)=C\N1CCN(S(=O)(=O)c2ccccc2)CC1. The molecule has 7 nitrogen and oxygen atoms in total. The highest BCUT2D eigenvalue weighted by Gasteiger charge is 2.27.